The second kappa shape index (κ2) is 5.41. The summed E-state index contributed by atoms with van der Waals surface area (Å²) >= 11 is 0. The highest BCUT2D eigenvalue weighted by Gasteiger charge is 2.32. The molecule has 18 heavy (non-hydrogen) atoms. The minimum Gasteiger partial charge on any atom is -0.314 e. The van der Waals surface area contributed by atoms with Crippen LogP contribution in [0.3, 0.4) is 0 Å². The summed E-state index contributed by atoms with van der Waals surface area (Å²) in [5.41, 5.74) is 1.64. The van der Waals surface area contributed by atoms with E-state index in [1.165, 1.54) is 5.56 Å². The van der Waals surface area contributed by atoms with E-state index in [1.54, 1.807) is 0 Å². The molecule has 4 nitrogen and oxygen atoms in total. The van der Waals surface area contributed by atoms with E-state index < -0.39 is 0 Å². The van der Waals surface area contributed by atoms with Gasteiger partial charge < -0.3 is 5.32 Å². The number of aryl methyl sites for hydroxylation is 1. The van der Waals surface area contributed by atoms with Gasteiger partial charge in [0.05, 0.1) is 6.20 Å². The zero-order valence-corrected chi connectivity index (χ0v) is 12.1. The fraction of sp³-hybridized carbons (Fsp3) is 0.786. The molecule has 0 aromatic carbocycles. The average Bonchev–Trinajstić information content (AvgIpc) is 2.76. The van der Waals surface area contributed by atoms with Gasteiger partial charge in [0.1, 0.15) is 0 Å². The maximum absolute atomic E-state index is 4.36. The van der Waals surface area contributed by atoms with Crippen molar-refractivity contribution in [1.29, 1.82) is 0 Å². The molecule has 1 aromatic rings. The van der Waals surface area contributed by atoms with Crippen molar-refractivity contribution in [2.75, 3.05) is 19.6 Å². The third kappa shape index (κ3) is 3.12. The van der Waals surface area contributed by atoms with Gasteiger partial charge >= 0.3 is 0 Å². The van der Waals surface area contributed by atoms with Crippen LogP contribution in [0.25, 0.3) is 0 Å². The lowest BCUT2D eigenvalue weighted by molar-refractivity contribution is 0.0689. The Morgan fingerprint density at radius 2 is 2.22 bits per heavy atom. The Morgan fingerprint density at radius 3 is 2.83 bits per heavy atom. The van der Waals surface area contributed by atoms with Gasteiger partial charge in [-0.15, -0.1) is 0 Å². The Morgan fingerprint density at radius 1 is 1.44 bits per heavy atom. The standard InChI is InChI=1S/C14H26N4/c1-5-18-11-12(8-16-18)10-17-7-6-15-9-13(17)14(2,3)4/h8,11,13,15H,5-7,9-10H2,1-4H3. The van der Waals surface area contributed by atoms with Crippen molar-refractivity contribution < 1.29 is 0 Å². The summed E-state index contributed by atoms with van der Waals surface area (Å²) in [6.07, 6.45) is 4.17. The lowest BCUT2D eigenvalue weighted by Gasteiger charge is -2.43. The number of rotatable bonds is 3. The fourth-order valence-electron chi connectivity index (χ4n) is 2.69. The number of piperazine rings is 1. The Labute approximate surface area is 110 Å². The van der Waals surface area contributed by atoms with Crippen molar-refractivity contribution in [1.82, 2.24) is 20.0 Å². The third-order valence-corrected chi connectivity index (χ3v) is 3.75. The third-order valence-electron chi connectivity index (χ3n) is 3.75. The molecule has 0 spiro atoms. The van der Waals surface area contributed by atoms with Crippen molar-refractivity contribution in [2.45, 2.75) is 46.8 Å². The van der Waals surface area contributed by atoms with E-state index in [4.69, 9.17) is 0 Å². The van der Waals surface area contributed by atoms with Crippen LogP contribution in [0.4, 0.5) is 0 Å². The maximum Gasteiger partial charge on any atom is 0.0534 e. The minimum atomic E-state index is 0.314. The van der Waals surface area contributed by atoms with Crippen molar-refractivity contribution >= 4 is 0 Å². The van der Waals surface area contributed by atoms with Gasteiger partial charge in [0.15, 0.2) is 0 Å². The van der Waals surface area contributed by atoms with Crippen LogP contribution in [0.15, 0.2) is 12.4 Å². The molecular weight excluding hydrogens is 224 g/mol. The summed E-state index contributed by atoms with van der Waals surface area (Å²) in [6.45, 7) is 14.4. The molecule has 0 amide bonds. The van der Waals surface area contributed by atoms with Crippen molar-refractivity contribution in [3.05, 3.63) is 18.0 Å². The van der Waals surface area contributed by atoms with Crippen molar-refractivity contribution in [2.24, 2.45) is 5.41 Å². The molecule has 1 saturated heterocycles. The first-order chi connectivity index (χ1) is 8.50. The van der Waals surface area contributed by atoms with Crippen LogP contribution < -0.4 is 5.32 Å². The lowest BCUT2D eigenvalue weighted by Crippen LogP contribution is -2.56. The van der Waals surface area contributed by atoms with Gasteiger partial charge in [0, 0.05) is 50.5 Å². The molecule has 1 N–H and O–H groups in total. The molecule has 102 valence electrons. The number of hydrogen-bond acceptors (Lipinski definition) is 3. The first-order valence-corrected chi connectivity index (χ1v) is 6.97. The molecule has 1 fully saturated rings. The van der Waals surface area contributed by atoms with E-state index in [1.807, 2.05) is 10.9 Å². The topological polar surface area (TPSA) is 33.1 Å². The Balaban J connectivity index is 2.05. The van der Waals surface area contributed by atoms with Crippen molar-refractivity contribution in [3.8, 4) is 0 Å². The number of hydrogen-bond donors (Lipinski definition) is 1. The van der Waals surface area contributed by atoms with Crippen LogP contribution in [0.5, 0.6) is 0 Å². The second-order valence-corrected chi connectivity index (χ2v) is 6.26. The predicted molar refractivity (Wildman–Crippen MR) is 74.4 cm³/mol. The average molecular weight is 250 g/mol. The second-order valence-electron chi connectivity index (χ2n) is 6.26. The van der Waals surface area contributed by atoms with Gasteiger partial charge in [-0.2, -0.15) is 5.10 Å². The van der Waals surface area contributed by atoms with Crippen LogP contribution in [-0.2, 0) is 13.1 Å². The van der Waals surface area contributed by atoms with Crippen LogP contribution in [0.1, 0.15) is 33.3 Å². The van der Waals surface area contributed by atoms with E-state index in [0.29, 0.717) is 11.5 Å². The lowest BCUT2D eigenvalue weighted by atomic mass is 9.84. The van der Waals surface area contributed by atoms with Crippen LogP contribution in [0, 0.1) is 5.41 Å². The normalized spacial score (nSPS) is 22.3. The molecule has 2 rings (SSSR count). The van der Waals surface area contributed by atoms with Crippen LogP contribution >= 0.6 is 0 Å². The summed E-state index contributed by atoms with van der Waals surface area (Å²) in [5, 5.41) is 7.87. The molecule has 0 bridgehead atoms. The molecule has 1 unspecified atom stereocenters. The first-order valence-electron chi connectivity index (χ1n) is 6.97. The quantitative estimate of drug-likeness (QED) is 0.887. The van der Waals surface area contributed by atoms with E-state index in [9.17, 15) is 0 Å². The van der Waals surface area contributed by atoms with Gasteiger partial charge in [-0.3, -0.25) is 9.58 Å². The van der Waals surface area contributed by atoms with E-state index in [-0.39, 0.29) is 0 Å². The highest BCUT2D eigenvalue weighted by atomic mass is 15.3. The highest BCUT2D eigenvalue weighted by Crippen LogP contribution is 2.26. The molecular formula is C14H26N4. The Kier molecular flexibility index (Phi) is 4.07. The fourth-order valence-corrected chi connectivity index (χ4v) is 2.69. The summed E-state index contributed by atoms with van der Waals surface area (Å²) in [7, 11) is 0. The minimum absolute atomic E-state index is 0.314. The SMILES string of the molecule is CCn1cc(CN2CCNCC2C(C)(C)C)cn1. The van der Waals surface area contributed by atoms with Crippen molar-refractivity contribution in [3.63, 3.8) is 0 Å². The van der Waals surface area contributed by atoms with Gasteiger partial charge in [-0.25, -0.2) is 0 Å². The number of nitrogens with zero attached hydrogens (tertiary/aromatic N) is 3. The molecule has 0 aliphatic carbocycles. The van der Waals surface area contributed by atoms with E-state index >= 15 is 0 Å². The number of nitrogens with one attached hydrogen (secondary N) is 1. The molecule has 1 atom stereocenters. The summed E-state index contributed by atoms with van der Waals surface area (Å²) in [5.74, 6) is 0. The zero-order chi connectivity index (χ0) is 13.2. The van der Waals surface area contributed by atoms with Gasteiger partial charge in [-0.1, -0.05) is 20.8 Å². The summed E-state index contributed by atoms with van der Waals surface area (Å²) < 4.78 is 2.00. The maximum atomic E-state index is 4.36. The van der Waals surface area contributed by atoms with E-state index in [0.717, 1.165) is 32.7 Å². The molecule has 4 heteroatoms. The van der Waals surface area contributed by atoms with Gasteiger partial charge in [0.25, 0.3) is 0 Å². The molecule has 1 aliphatic heterocycles. The first kappa shape index (κ1) is 13.6. The Hall–Kier alpha value is -0.870. The summed E-state index contributed by atoms with van der Waals surface area (Å²) in [6, 6.07) is 0.594. The predicted octanol–water partition coefficient (Wildman–Crippen LogP) is 1.72. The highest BCUT2D eigenvalue weighted by molar-refractivity contribution is 5.05. The largest absolute Gasteiger partial charge is 0.314 e. The van der Waals surface area contributed by atoms with E-state index in [2.05, 4.69) is 49.2 Å². The molecule has 0 radical (unpaired) electrons. The molecule has 0 saturated carbocycles. The summed E-state index contributed by atoms with van der Waals surface area (Å²) in [4.78, 5) is 2.59. The zero-order valence-electron chi connectivity index (χ0n) is 12.1. The van der Waals surface area contributed by atoms with Crippen LogP contribution in [-0.4, -0.2) is 40.4 Å². The van der Waals surface area contributed by atoms with Crippen LogP contribution in [0.2, 0.25) is 0 Å². The molecule has 2 heterocycles. The molecule has 1 aromatic heterocycles. The van der Waals surface area contributed by atoms with Gasteiger partial charge in [0.2, 0.25) is 0 Å². The smallest absolute Gasteiger partial charge is 0.0534 e. The van der Waals surface area contributed by atoms with Gasteiger partial charge in [-0.05, 0) is 12.3 Å². The monoisotopic (exact) mass is 250 g/mol. The number of aromatic nitrogens is 2. The molecule has 1 aliphatic rings. The Bertz CT molecular complexity index is 377.